The number of hydrogen-bond acceptors (Lipinski definition) is 4. The number of nitrogens with one attached hydrogen (secondary N) is 1. The quantitative estimate of drug-likeness (QED) is 0.853. The molecular weight excluding hydrogens is 242 g/mol. The zero-order chi connectivity index (χ0) is 13.7. The second-order valence-electron chi connectivity index (χ2n) is 4.96. The van der Waals surface area contributed by atoms with E-state index in [2.05, 4.69) is 17.4 Å². The molecule has 0 radical (unpaired) electrons. The van der Waals surface area contributed by atoms with Gasteiger partial charge in [-0.3, -0.25) is 0 Å². The van der Waals surface area contributed by atoms with Gasteiger partial charge in [0.25, 0.3) is 0 Å². The Hall–Kier alpha value is -1.10. The molecule has 0 aromatic heterocycles. The van der Waals surface area contributed by atoms with Crippen molar-refractivity contribution in [1.82, 2.24) is 5.32 Å². The van der Waals surface area contributed by atoms with E-state index < -0.39 is 6.10 Å². The SMILES string of the molecule is CNCC(O)c1cc(C2CCOCC2)ccc1OC. The summed E-state index contributed by atoms with van der Waals surface area (Å²) < 4.78 is 10.7. The molecule has 4 nitrogen and oxygen atoms in total. The molecular formula is C15H23NO3. The molecule has 4 heteroatoms. The number of rotatable bonds is 5. The number of benzene rings is 1. The molecule has 0 amide bonds. The number of hydrogen-bond donors (Lipinski definition) is 2. The van der Waals surface area contributed by atoms with Crippen molar-refractivity contribution in [3.63, 3.8) is 0 Å². The van der Waals surface area contributed by atoms with Crippen molar-refractivity contribution >= 4 is 0 Å². The summed E-state index contributed by atoms with van der Waals surface area (Å²) >= 11 is 0. The highest BCUT2D eigenvalue weighted by Gasteiger charge is 2.19. The molecule has 2 N–H and O–H groups in total. The van der Waals surface area contributed by atoms with Crippen LogP contribution in [-0.2, 0) is 4.74 Å². The first kappa shape index (κ1) is 14.3. The normalized spacial score (nSPS) is 18.3. The molecule has 1 atom stereocenters. The minimum absolute atomic E-state index is 0.521. The van der Waals surface area contributed by atoms with Gasteiger partial charge in [-0.05, 0) is 43.5 Å². The fourth-order valence-corrected chi connectivity index (χ4v) is 2.60. The molecule has 1 fully saturated rings. The van der Waals surface area contributed by atoms with E-state index in [0.29, 0.717) is 12.5 Å². The van der Waals surface area contributed by atoms with Crippen LogP contribution in [0.25, 0.3) is 0 Å². The van der Waals surface area contributed by atoms with Gasteiger partial charge >= 0.3 is 0 Å². The van der Waals surface area contributed by atoms with E-state index in [1.165, 1.54) is 5.56 Å². The predicted octanol–water partition coefficient (Wildman–Crippen LogP) is 1.84. The lowest BCUT2D eigenvalue weighted by molar-refractivity contribution is 0.0852. The average molecular weight is 265 g/mol. The van der Waals surface area contributed by atoms with Crippen LogP contribution in [0.4, 0.5) is 0 Å². The van der Waals surface area contributed by atoms with Crippen LogP contribution in [0.3, 0.4) is 0 Å². The Morgan fingerprint density at radius 1 is 1.42 bits per heavy atom. The molecule has 0 aliphatic carbocycles. The van der Waals surface area contributed by atoms with Gasteiger partial charge in [-0.2, -0.15) is 0 Å². The first-order valence-corrected chi connectivity index (χ1v) is 6.84. The van der Waals surface area contributed by atoms with E-state index in [-0.39, 0.29) is 0 Å². The molecule has 1 aromatic rings. The Bertz CT molecular complexity index is 402. The smallest absolute Gasteiger partial charge is 0.124 e. The first-order valence-electron chi connectivity index (χ1n) is 6.84. The number of aliphatic hydroxyl groups is 1. The monoisotopic (exact) mass is 265 g/mol. The van der Waals surface area contributed by atoms with Gasteiger partial charge in [0.2, 0.25) is 0 Å². The summed E-state index contributed by atoms with van der Waals surface area (Å²) in [6, 6.07) is 6.14. The molecule has 1 saturated heterocycles. The third-order valence-corrected chi connectivity index (χ3v) is 3.70. The molecule has 0 saturated carbocycles. The Kier molecular flexibility index (Phi) is 5.19. The van der Waals surface area contributed by atoms with Crippen LogP contribution in [-0.4, -0.2) is 39.0 Å². The number of aliphatic hydroxyl groups excluding tert-OH is 1. The maximum atomic E-state index is 10.2. The van der Waals surface area contributed by atoms with Crippen LogP contribution in [0.5, 0.6) is 5.75 Å². The second-order valence-corrected chi connectivity index (χ2v) is 4.96. The maximum Gasteiger partial charge on any atom is 0.124 e. The summed E-state index contributed by atoms with van der Waals surface area (Å²) in [5.74, 6) is 1.28. The van der Waals surface area contributed by atoms with Crippen molar-refractivity contribution < 1.29 is 14.6 Å². The highest BCUT2D eigenvalue weighted by Crippen LogP contribution is 2.32. The van der Waals surface area contributed by atoms with Gasteiger partial charge in [-0.25, -0.2) is 0 Å². The van der Waals surface area contributed by atoms with Crippen molar-refractivity contribution in [2.24, 2.45) is 0 Å². The van der Waals surface area contributed by atoms with E-state index in [1.54, 1.807) is 7.11 Å². The Balaban J connectivity index is 2.23. The highest BCUT2D eigenvalue weighted by atomic mass is 16.5. The Labute approximate surface area is 114 Å². The third-order valence-electron chi connectivity index (χ3n) is 3.70. The molecule has 1 unspecified atom stereocenters. The molecule has 1 heterocycles. The molecule has 2 rings (SSSR count). The van der Waals surface area contributed by atoms with Crippen molar-refractivity contribution in [1.29, 1.82) is 0 Å². The fourth-order valence-electron chi connectivity index (χ4n) is 2.60. The van der Waals surface area contributed by atoms with E-state index in [4.69, 9.17) is 9.47 Å². The summed E-state index contributed by atoms with van der Waals surface area (Å²) in [5.41, 5.74) is 2.13. The van der Waals surface area contributed by atoms with Crippen molar-refractivity contribution in [3.8, 4) is 5.75 Å². The van der Waals surface area contributed by atoms with Crippen LogP contribution in [0.1, 0.15) is 36.0 Å². The zero-order valence-corrected chi connectivity index (χ0v) is 11.7. The second kappa shape index (κ2) is 6.89. The zero-order valence-electron chi connectivity index (χ0n) is 11.7. The van der Waals surface area contributed by atoms with Crippen molar-refractivity contribution in [2.75, 3.05) is 33.9 Å². The molecule has 1 aromatic carbocycles. The molecule has 1 aliphatic heterocycles. The van der Waals surface area contributed by atoms with Crippen molar-refractivity contribution in [3.05, 3.63) is 29.3 Å². The van der Waals surface area contributed by atoms with E-state index in [9.17, 15) is 5.11 Å². The maximum absolute atomic E-state index is 10.2. The lowest BCUT2D eigenvalue weighted by atomic mass is 9.89. The van der Waals surface area contributed by atoms with Gasteiger partial charge in [0.15, 0.2) is 0 Å². The van der Waals surface area contributed by atoms with Crippen LogP contribution in [0.15, 0.2) is 18.2 Å². The van der Waals surface area contributed by atoms with Crippen LogP contribution >= 0.6 is 0 Å². The Morgan fingerprint density at radius 2 is 2.16 bits per heavy atom. The number of methoxy groups -OCH3 is 1. The Morgan fingerprint density at radius 3 is 2.79 bits per heavy atom. The standard InChI is InChI=1S/C15H23NO3/c1-16-10-14(17)13-9-12(3-4-15(13)18-2)11-5-7-19-8-6-11/h3-4,9,11,14,16-17H,5-8,10H2,1-2H3. The van der Waals surface area contributed by atoms with E-state index in [0.717, 1.165) is 37.4 Å². The molecule has 19 heavy (non-hydrogen) atoms. The van der Waals surface area contributed by atoms with Gasteiger partial charge in [0, 0.05) is 25.3 Å². The molecule has 106 valence electrons. The minimum atomic E-state index is -0.542. The molecule has 0 spiro atoms. The van der Waals surface area contributed by atoms with Gasteiger partial charge in [0.05, 0.1) is 13.2 Å². The van der Waals surface area contributed by atoms with Gasteiger partial charge < -0.3 is 19.9 Å². The number of ether oxygens (including phenoxy) is 2. The third kappa shape index (κ3) is 3.47. The van der Waals surface area contributed by atoms with Gasteiger partial charge in [-0.15, -0.1) is 0 Å². The molecule has 0 bridgehead atoms. The van der Waals surface area contributed by atoms with E-state index in [1.807, 2.05) is 13.1 Å². The summed E-state index contributed by atoms with van der Waals surface area (Å²) in [6.45, 7) is 2.17. The first-order chi connectivity index (χ1) is 9.26. The highest BCUT2D eigenvalue weighted by molar-refractivity contribution is 5.40. The lowest BCUT2D eigenvalue weighted by Crippen LogP contribution is -2.18. The van der Waals surface area contributed by atoms with Gasteiger partial charge in [0.1, 0.15) is 5.75 Å². The lowest BCUT2D eigenvalue weighted by Gasteiger charge is -2.24. The summed E-state index contributed by atoms with van der Waals surface area (Å²) in [4.78, 5) is 0. The summed E-state index contributed by atoms with van der Waals surface area (Å²) in [7, 11) is 3.47. The minimum Gasteiger partial charge on any atom is -0.496 e. The fraction of sp³-hybridized carbons (Fsp3) is 0.600. The topological polar surface area (TPSA) is 50.7 Å². The summed E-state index contributed by atoms with van der Waals surface area (Å²) in [6.07, 6.45) is 1.56. The predicted molar refractivity (Wildman–Crippen MR) is 74.7 cm³/mol. The van der Waals surface area contributed by atoms with Crippen LogP contribution in [0, 0.1) is 0 Å². The van der Waals surface area contributed by atoms with E-state index >= 15 is 0 Å². The van der Waals surface area contributed by atoms with Gasteiger partial charge in [-0.1, -0.05) is 6.07 Å². The largest absolute Gasteiger partial charge is 0.496 e. The van der Waals surface area contributed by atoms with Crippen LogP contribution in [0.2, 0.25) is 0 Å². The average Bonchev–Trinajstić information content (AvgIpc) is 2.47. The summed E-state index contributed by atoms with van der Waals surface area (Å²) in [5, 5.41) is 13.2. The molecule has 1 aliphatic rings. The number of likely N-dealkylation sites (N-methyl/N-ethyl adjacent to an activating group) is 1. The van der Waals surface area contributed by atoms with Crippen LogP contribution < -0.4 is 10.1 Å². The van der Waals surface area contributed by atoms with Crippen molar-refractivity contribution in [2.45, 2.75) is 24.9 Å².